The normalized spacial score (nSPS) is 12.2. The van der Waals surface area contributed by atoms with E-state index in [1.165, 1.54) is 9.69 Å². The van der Waals surface area contributed by atoms with Crippen molar-refractivity contribution in [2.75, 3.05) is 18.8 Å². The maximum Gasteiger partial charge on any atom is 0.256 e. The molecular weight excluding hydrogens is 236 g/mol. The van der Waals surface area contributed by atoms with Gasteiger partial charge in [0.05, 0.1) is 5.69 Å². The van der Waals surface area contributed by atoms with Crippen LogP contribution in [0.25, 0.3) is 0 Å². The highest BCUT2D eigenvalue weighted by Crippen LogP contribution is 2.36. The lowest BCUT2D eigenvalue weighted by atomic mass is 10.5. The molecule has 5 nitrogen and oxygen atoms in total. The first-order chi connectivity index (χ1) is 6.95. The van der Waals surface area contributed by atoms with Crippen LogP contribution in [0.3, 0.4) is 0 Å². The zero-order valence-corrected chi connectivity index (χ0v) is 10.2. The van der Waals surface area contributed by atoms with Crippen molar-refractivity contribution in [1.29, 1.82) is 0 Å². The monoisotopic (exact) mass is 250 g/mol. The molecule has 0 atom stereocenters. The topological polar surface area (TPSA) is 83.6 Å². The Kier molecular flexibility index (Phi) is 3.58. The third-order valence-electron chi connectivity index (χ3n) is 2.04. The molecule has 1 rings (SSSR count). The van der Waals surface area contributed by atoms with Crippen molar-refractivity contribution >= 4 is 27.0 Å². The van der Waals surface area contributed by atoms with Gasteiger partial charge in [0.2, 0.25) is 0 Å². The van der Waals surface area contributed by atoms with Gasteiger partial charge in [0.15, 0.2) is 9.96 Å². The minimum Gasteiger partial charge on any atom is -0.504 e. The molecule has 0 spiro atoms. The van der Waals surface area contributed by atoms with E-state index in [9.17, 15) is 13.5 Å². The molecule has 0 unspecified atom stereocenters. The highest BCUT2D eigenvalue weighted by molar-refractivity contribution is 7.91. The van der Waals surface area contributed by atoms with Gasteiger partial charge in [0.1, 0.15) is 0 Å². The van der Waals surface area contributed by atoms with Gasteiger partial charge < -0.3 is 10.8 Å². The largest absolute Gasteiger partial charge is 0.504 e. The van der Waals surface area contributed by atoms with Crippen LogP contribution in [-0.4, -0.2) is 30.9 Å². The van der Waals surface area contributed by atoms with E-state index in [-0.39, 0.29) is 15.6 Å². The summed E-state index contributed by atoms with van der Waals surface area (Å²) in [5, 5.41) is 10.9. The lowest BCUT2D eigenvalue weighted by molar-refractivity contribution is 0.434. The summed E-state index contributed by atoms with van der Waals surface area (Å²) in [4.78, 5) is 0. The fraction of sp³-hybridized carbons (Fsp3) is 0.500. The number of nitrogens with zero attached hydrogens (tertiary/aromatic N) is 1. The first-order valence-electron chi connectivity index (χ1n) is 4.51. The molecule has 0 aromatic carbocycles. The van der Waals surface area contributed by atoms with Gasteiger partial charge in [0.25, 0.3) is 10.0 Å². The Morgan fingerprint density at radius 2 is 2.00 bits per heavy atom. The maximum absolute atomic E-state index is 11.9. The van der Waals surface area contributed by atoms with E-state index < -0.39 is 10.0 Å². The van der Waals surface area contributed by atoms with Crippen molar-refractivity contribution in [3.8, 4) is 5.75 Å². The van der Waals surface area contributed by atoms with E-state index in [1.54, 1.807) is 13.8 Å². The van der Waals surface area contributed by atoms with Crippen LogP contribution < -0.4 is 5.73 Å². The highest BCUT2D eigenvalue weighted by atomic mass is 32.2. The van der Waals surface area contributed by atoms with Gasteiger partial charge in [-0.3, -0.25) is 0 Å². The molecule has 3 N–H and O–H groups in total. The molecule has 0 saturated carbocycles. The summed E-state index contributed by atoms with van der Waals surface area (Å²) in [7, 11) is -3.59. The molecule has 0 aliphatic rings. The SMILES string of the molecule is CCN(CC)S(=O)(=O)c1scc(N)c1O. The average Bonchev–Trinajstić information content (AvgIpc) is 2.49. The minimum absolute atomic E-state index is 0.0799. The Labute approximate surface area is 93.2 Å². The fourth-order valence-corrected chi connectivity index (χ4v) is 4.01. The standard InChI is InChI=1S/C8H14N2O3S2/c1-3-10(4-2)15(12,13)8-7(11)6(9)5-14-8/h5,11H,3-4,9H2,1-2H3. The molecule has 86 valence electrons. The second kappa shape index (κ2) is 4.38. The molecule has 0 fully saturated rings. The molecule has 7 heteroatoms. The summed E-state index contributed by atoms with van der Waals surface area (Å²) in [5.74, 6) is -0.341. The molecular formula is C8H14N2O3S2. The number of sulfonamides is 1. The van der Waals surface area contributed by atoms with Crippen LogP contribution in [0.5, 0.6) is 5.75 Å². The minimum atomic E-state index is -3.59. The Bertz CT molecular complexity index is 435. The van der Waals surface area contributed by atoms with Crippen molar-refractivity contribution in [1.82, 2.24) is 4.31 Å². The van der Waals surface area contributed by atoms with E-state index >= 15 is 0 Å². The van der Waals surface area contributed by atoms with Crippen LogP contribution in [0.2, 0.25) is 0 Å². The van der Waals surface area contributed by atoms with Gasteiger partial charge in [0, 0.05) is 18.5 Å². The first kappa shape index (κ1) is 12.3. The zero-order chi connectivity index (χ0) is 11.6. The van der Waals surface area contributed by atoms with Crippen molar-refractivity contribution in [2.24, 2.45) is 0 Å². The van der Waals surface area contributed by atoms with E-state index in [1.807, 2.05) is 0 Å². The van der Waals surface area contributed by atoms with Gasteiger partial charge in [-0.1, -0.05) is 13.8 Å². The van der Waals surface area contributed by atoms with Crippen LogP contribution in [-0.2, 0) is 10.0 Å². The van der Waals surface area contributed by atoms with Crippen LogP contribution >= 0.6 is 11.3 Å². The van der Waals surface area contributed by atoms with Gasteiger partial charge in [-0.05, 0) is 0 Å². The van der Waals surface area contributed by atoms with Crippen molar-refractivity contribution in [3.63, 3.8) is 0 Å². The van der Waals surface area contributed by atoms with Crippen LogP contribution in [0.4, 0.5) is 5.69 Å². The number of aromatic hydroxyl groups is 1. The van der Waals surface area contributed by atoms with E-state index in [0.29, 0.717) is 13.1 Å². The number of anilines is 1. The van der Waals surface area contributed by atoms with Gasteiger partial charge >= 0.3 is 0 Å². The molecule has 1 aromatic rings. The van der Waals surface area contributed by atoms with Crippen molar-refractivity contribution in [2.45, 2.75) is 18.1 Å². The second-order valence-electron chi connectivity index (χ2n) is 2.92. The molecule has 0 aliphatic carbocycles. The van der Waals surface area contributed by atoms with Gasteiger partial charge in [-0.2, -0.15) is 4.31 Å². The summed E-state index contributed by atoms with van der Waals surface area (Å²) in [6.07, 6.45) is 0. The molecule has 15 heavy (non-hydrogen) atoms. The number of nitrogens with two attached hydrogens (primary N) is 1. The summed E-state index contributed by atoms with van der Waals surface area (Å²) in [6, 6.07) is 0. The number of thiophene rings is 1. The molecule has 0 aliphatic heterocycles. The number of nitrogen functional groups attached to an aromatic ring is 1. The lowest BCUT2D eigenvalue weighted by Gasteiger charge is -2.17. The highest BCUT2D eigenvalue weighted by Gasteiger charge is 2.27. The van der Waals surface area contributed by atoms with Crippen molar-refractivity contribution in [3.05, 3.63) is 5.38 Å². The smallest absolute Gasteiger partial charge is 0.256 e. The maximum atomic E-state index is 11.9. The molecule has 0 bridgehead atoms. The van der Waals surface area contributed by atoms with Crippen LogP contribution in [0.1, 0.15) is 13.8 Å². The number of hydrogen-bond acceptors (Lipinski definition) is 5. The lowest BCUT2D eigenvalue weighted by Crippen LogP contribution is -2.30. The Morgan fingerprint density at radius 1 is 1.47 bits per heavy atom. The molecule has 1 aromatic heterocycles. The quantitative estimate of drug-likeness (QED) is 0.837. The van der Waals surface area contributed by atoms with Crippen LogP contribution in [0.15, 0.2) is 9.59 Å². The summed E-state index contributed by atoms with van der Waals surface area (Å²) in [6.45, 7) is 4.23. The molecule has 1 heterocycles. The summed E-state index contributed by atoms with van der Waals surface area (Å²) >= 11 is 0.938. The Morgan fingerprint density at radius 3 is 2.33 bits per heavy atom. The molecule has 0 amide bonds. The average molecular weight is 250 g/mol. The molecule has 0 saturated heterocycles. The van der Waals surface area contributed by atoms with Crippen LogP contribution in [0, 0.1) is 0 Å². The van der Waals surface area contributed by atoms with Gasteiger partial charge in [-0.25, -0.2) is 8.42 Å². The second-order valence-corrected chi connectivity index (χ2v) is 5.93. The third kappa shape index (κ3) is 2.09. The third-order valence-corrected chi connectivity index (χ3v) is 5.60. The van der Waals surface area contributed by atoms with E-state index in [4.69, 9.17) is 5.73 Å². The Balaban J connectivity index is 3.22. The predicted molar refractivity (Wildman–Crippen MR) is 60.5 cm³/mol. The van der Waals surface area contributed by atoms with E-state index in [0.717, 1.165) is 11.3 Å². The summed E-state index contributed by atoms with van der Waals surface area (Å²) in [5.41, 5.74) is 5.50. The van der Waals surface area contributed by atoms with E-state index in [2.05, 4.69) is 0 Å². The molecule has 0 radical (unpaired) electrons. The Hall–Kier alpha value is -0.790. The number of rotatable bonds is 4. The fourth-order valence-electron chi connectivity index (χ4n) is 1.21. The first-order valence-corrected chi connectivity index (χ1v) is 6.83. The van der Waals surface area contributed by atoms with Crippen molar-refractivity contribution < 1.29 is 13.5 Å². The number of hydrogen-bond donors (Lipinski definition) is 2. The summed E-state index contributed by atoms with van der Waals surface area (Å²) < 4.78 is 25.1. The zero-order valence-electron chi connectivity index (χ0n) is 8.60. The van der Waals surface area contributed by atoms with Gasteiger partial charge in [-0.15, -0.1) is 11.3 Å². The predicted octanol–water partition coefficient (Wildman–Crippen LogP) is 1.07.